The van der Waals surface area contributed by atoms with Crippen LogP contribution in [-0.2, 0) is 15.4 Å². The van der Waals surface area contributed by atoms with Gasteiger partial charge in [0.25, 0.3) is 5.91 Å². The van der Waals surface area contributed by atoms with Crippen LogP contribution in [0.3, 0.4) is 0 Å². The SMILES string of the molecule is O=C(Nc1nnc(CCl)s1)C1CCCO1. The van der Waals surface area contributed by atoms with Gasteiger partial charge in [0.1, 0.15) is 11.1 Å². The highest BCUT2D eigenvalue weighted by atomic mass is 35.5. The first-order valence-corrected chi connectivity index (χ1v) is 5.95. The highest BCUT2D eigenvalue weighted by Gasteiger charge is 2.24. The third-order valence-corrected chi connectivity index (χ3v) is 3.28. The summed E-state index contributed by atoms with van der Waals surface area (Å²) in [4.78, 5) is 11.6. The summed E-state index contributed by atoms with van der Waals surface area (Å²) in [5, 5.41) is 11.4. The van der Waals surface area contributed by atoms with Crippen LogP contribution in [-0.4, -0.2) is 28.8 Å². The summed E-state index contributed by atoms with van der Waals surface area (Å²) in [6.45, 7) is 0.654. The van der Waals surface area contributed by atoms with Crippen LogP contribution in [0.25, 0.3) is 0 Å². The number of halogens is 1. The molecule has 0 radical (unpaired) electrons. The van der Waals surface area contributed by atoms with Crippen LogP contribution in [0.2, 0.25) is 0 Å². The molecule has 0 saturated carbocycles. The Balaban J connectivity index is 1.92. The Morgan fingerprint density at radius 1 is 1.67 bits per heavy atom. The molecule has 1 saturated heterocycles. The number of hydrogen-bond donors (Lipinski definition) is 1. The van der Waals surface area contributed by atoms with Crippen molar-refractivity contribution in [3.63, 3.8) is 0 Å². The quantitative estimate of drug-likeness (QED) is 0.820. The molecule has 15 heavy (non-hydrogen) atoms. The van der Waals surface area contributed by atoms with Gasteiger partial charge >= 0.3 is 0 Å². The van der Waals surface area contributed by atoms with Crippen LogP contribution in [0.1, 0.15) is 17.8 Å². The van der Waals surface area contributed by atoms with Crippen molar-refractivity contribution in [1.29, 1.82) is 0 Å². The van der Waals surface area contributed by atoms with Crippen molar-refractivity contribution in [3.8, 4) is 0 Å². The molecule has 5 nitrogen and oxygen atoms in total. The van der Waals surface area contributed by atoms with Crippen molar-refractivity contribution in [2.24, 2.45) is 0 Å². The number of ether oxygens (including phenoxy) is 1. The molecule has 1 N–H and O–H groups in total. The summed E-state index contributed by atoms with van der Waals surface area (Å²) in [5.41, 5.74) is 0. The van der Waals surface area contributed by atoms with Crippen LogP contribution in [0.15, 0.2) is 0 Å². The summed E-state index contributed by atoms with van der Waals surface area (Å²) in [6, 6.07) is 0. The Kier molecular flexibility index (Phi) is 3.50. The Hall–Kier alpha value is -0.720. The zero-order valence-electron chi connectivity index (χ0n) is 7.90. The van der Waals surface area contributed by atoms with Crippen molar-refractivity contribution >= 4 is 34.0 Å². The Bertz CT molecular complexity index is 351. The number of alkyl halides is 1. The van der Waals surface area contributed by atoms with E-state index in [-0.39, 0.29) is 12.0 Å². The van der Waals surface area contributed by atoms with E-state index in [1.165, 1.54) is 11.3 Å². The molecule has 1 aromatic rings. The Morgan fingerprint density at radius 2 is 2.53 bits per heavy atom. The number of rotatable bonds is 3. The Labute approximate surface area is 95.8 Å². The minimum Gasteiger partial charge on any atom is -0.368 e. The van der Waals surface area contributed by atoms with Crippen LogP contribution >= 0.6 is 22.9 Å². The van der Waals surface area contributed by atoms with E-state index in [0.717, 1.165) is 12.8 Å². The molecule has 0 spiro atoms. The predicted octanol–water partition coefficient (Wildman–Crippen LogP) is 1.39. The van der Waals surface area contributed by atoms with Crippen LogP contribution in [0.4, 0.5) is 5.13 Å². The first kappa shape index (κ1) is 10.8. The second-order valence-electron chi connectivity index (χ2n) is 3.13. The average Bonchev–Trinajstić information content (AvgIpc) is 2.87. The number of anilines is 1. The molecule has 0 bridgehead atoms. The Morgan fingerprint density at radius 3 is 3.13 bits per heavy atom. The maximum atomic E-state index is 11.6. The summed E-state index contributed by atoms with van der Waals surface area (Å²) in [5.74, 6) is 0.165. The lowest BCUT2D eigenvalue weighted by atomic mass is 10.2. The van der Waals surface area contributed by atoms with Gasteiger partial charge in [0, 0.05) is 6.61 Å². The highest BCUT2D eigenvalue weighted by molar-refractivity contribution is 7.15. The van der Waals surface area contributed by atoms with Gasteiger partial charge in [-0.2, -0.15) is 0 Å². The average molecular weight is 248 g/mol. The third kappa shape index (κ3) is 2.64. The lowest BCUT2D eigenvalue weighted by Gasteiger charge is -2.06. The van der Waals surface area contributed by atoms with Crippen molar-refractivity contribution in [1.82, 2.24) is 10.2 Å². The number of aromatic nitrogens is 2. The van der Waals surface area contributed by atoms with Crippen LogP contribution < -0.4 is 5.32 Å². The number of carbonyl (C=O) groups is 1. The second kappa shape index (κ2) is 4.87. The summed E-state index contributed by atoms with van der Waals surface area (Å²) in [7, 11) is 0. The molecule has 1 aliphatic rings. The fourth-order valence-electron chi connectivity index (χ4n) is 1.33. The lowest BCUT2D eigenvalue weighted by molar-refractivity contribution is -0.124. The van der Waals surface area contributed by atoms with Gasteiger partial charge in [-0.15, -0.1) is 21.8 Å². The zero-order chi connectivity index (χ0) is 10.7. The van der Waals surface area contributed by atoms with E-state index in [1.807, 2.05) is 0 Å². The van der Waals surface area contributed by atoms with E-state index in [4.69, 9.17) is 16.3 Å². The molecule has 0 aliphatic carbocycles. The van der Waals surface area contributed by atoms with Crippen LogP contribution in [0.5, 0.6) is 0 Å². The zero-order valence-corrected chi connectivity index (χ0v) is 9.48. The molecule has 1 fully saturated rings. The molecular weight excluding hydrogens is 238 g/mol. The fraction of sp³-hybridized carbons (Fsp3) is 0.625. The van der Waals surface area contributed by atoms with Gasteiger partial charge < -0.3 is 4.74 Å². The van der Waals surface area contributed by atoms with Gasteiger partial charge in [0.05, 0.1) is 5.88 Å². The lowest BCUT2D eigenvalue weighted by Crippen LogP contribution is -2.26. The maximum absolute atomic E-state index is 11.6. The number of amides is 1. The fourth-order valence-corrected chi connectivity index (χ4v) is 2.14. The van der Waals surface area contributed by atoms with Gasteiger partial charge in [-0.25, -0.2) is 0 Å². The largest absolute Gasteiger partial charge is 0.368 e. The second-order valence-corrected chi connectivity index (χ2v) is 4.45. The van der Waals surface area contributed by atoms with E-state index in [0.29, 0.717) is 22.6 Å². The standard InChI is InChI=1S/C8H10ClN3O2S/c9-4-6-11-12-8(15-6)10-7(13)5-2-1-3-14-5/h5H,1-4H2,(H,10,12,13). The molecule has 1 aliphatic heterocycles. The van der Waals surface area contributed by atoms with E-state index in [2.05, 4.69) is 15.5 Å². The van der Waals surface area contributed by atoms with Gasteiger partial charge in [0.2, 0.25) is 5.13 Å². The molecular formula is C8H10ClN3O2S. The molecule has 2 heterocycles. The molecule has 0 aromatic carbocycles. The molecule has 1 aromatic heterocycles. The topological polar surface area (TPSA) is 64.1 Å². The molecule has 1 amide bonds. The van der Waals surface area contributed by atoms with E-state index in [9.17, 15) is 4.79 Å². The van der Waals surface area contributed by atoms with Crippen molar-refractivity contribution in [3.05, 3.63) is 5.01 Å². The number of nitrogens with one attached hydrogen (secondary N) is 1. The molecule has 7 heteroatoms. The minimum absolute atomic E-state index is 0.148. The van der Waals surface area contributed by atoms with Gasteiger partial charge in [-0.3, -0.25) is 10.1 Å². The van der Waals surface area contributed by atoms with E-state index < -0.39 is 0 Å². The molecule has 2 rings (SSSR count). The normalized spacial score (nSPS) is 20.5. The smallest absolute Gasteiger partial charge is 0.255 e. The number of hydrogen-bond acceptors (Lipinski definition) is 5. The van der Waals surface area contributed by atoms with E-state index in [1.54, 1.807) is 0 Å². The van der Waals surface area contributed by atoms with Crippen molar-refractivity contribution < 1.29 is 9.53 Å². The molecule has 1 unspecified atom stereocenters. The molecule has 82 valence electrons. The predicted molar refractivity (Wildman–Crippen MR) is 57.1 cm³/mol. The van der Waals surface area contributed by atoms with Gasteiger partial charge in [-0.05, 0) is 12.8 Å². The molecule has 1 atom stereocenters. The third-order valence-electron chi connectivity index (χ3n) is 2.03. The van der Waals surface area contributed by atoms with Gasteiger partial charge in [-0.1, -0.05) is 11.3 Å². The highest BCUT2D eigenvalue weighted by Crippen LogP contribution is 2.19. The first-order chi connectivity index (χ1) is 7.29. The van der Waals surface area contributed by atoms with E-state index >= 15 is 0 Å². The number of nitrogens with zero attached hydrogens (tertiary/aromatic N) is 2. The van der Waals surface area contributed by atoms with Crippen LogP contribution in [0, 0.1) is 0 Å². The summed E-state index contributed by atoms with van der Waals surface area (Å²) in [6.07, 6.45) is 1.36. The maximum Gasteiger partial charge on any atom is 0.255 e. The minimum atomic E-state index is -0.339. The monoisotopic (exact) mass is 247 g/mol. The van der Waals surface area contributed by atoms with Crippen molar-refractivity contribution in [2.45, 2.75) is 24.8 Å². The summed E-state index contributed by atoms with van der Waals surface area (Å²) >= 11 is 6.85. The summed E-state index contributed by atoms with van der Waals surface area (Å²) < 4.78 is 5.24. The first-order valence-electron chi connectivity index (χ1n) is 4.60. The van der Waals surface area contributed by atoms with Crippen molar-refractivity contribution in [2.75, 3.05) is 11.9 Å². The number of carbonyl (C=O) groups excluding carboxylic acids is 1. The van der Waals surface area contributed by atoms with Gasteiger partial charge in [0.15, 0.2) is 0 Å².